The Hall–Kier alpha value is -1.88. The van der Waals surface area contributed by atoms with Crippen molar-refractivity contribution < 1.29 is 23.8 Å². The van der Waals surface area contributed by atoms with E-state index in [-0.39, 0.29) is 6.61 Å². The number of benzene rings is 1. The molecule has 0 spiro atoms. The molecule has 1 aromatic carbocycles. The molecular weight excluding hydrogens is 248 g/mol. The van der Waals surface area contributed by atoms with E-state index in [4.69, 9.17) is 14.2 Å². The third-order valence-electron chi connectivity index (χ3n) is 3.32. The number of hydrogen-bond acceptors (Lipinski definition) is 5. The molecule has 19 heavy (non-hydrogen) atoms. The zero-order valence-electron chi connectivity index (χ0n) is 10.9. The van der Waals surface area contributed by atoms with Gasteiger partial charge in [-0.15, -0.1) is 0 Å². The number of methoxy groups -OCH3 is 2. The Balaban J connectivity index is 2.29. The van der Waals surface area contributed by atoms with Gasteiger partial charge < -0.3 is 14.2 Å². The summed E-state index contributed by atoms with van der Waals surface area (Å²) in [7, 11) is 2.60. The van der Waals surface area contributed by atoms with Gasteiger partial charge >= 0.3 is 11.9 Å². The van der Waals surface area contributed by atoms with E-state index >= 15 is 0 Å². The van der Waals surface area contributed by atoms with Gasteiger partial charge in [-0.1, -0.05) is 30.3 Å². The molecule has 0 N–H and O–H groups in total. The molecule has 1 unspecified atom stereocenters. The lowest BCUT2D eigenvalue weighted by Crippen LogP contribution is -2.31. The molecule has 2 rings (SSSR count). The van der Waals surface area contributed by atoms with Crippen LogP contribution in [0.25, 0.3) is 0 Å². The van der Waals surface area contributed by atoms with Crippen molar-refractivity contribution in [1.29, 1.82) is 0 Å². The molecule has 5 nitrogen and oxygen atoms in total. The van der Waals surface area contributed by atoms with Crippen LogP contribution in [-0.2, 0) is 23.8 Å². The third kappa shape index (κ3) is 2.61. The summed E-state index contributed by atoms with van der Waals surface area (Å²) in [6.45, 7) is 0.159. The summed E-state index contributed by atoms with van der Waals surface area (Å²) in [6, 6.07) is 9.32. The number of esters is 2. The molecule has 1 aliphatic heterocycles. The highest BCUT2D eigenvalue weighted by atomic mass is 16.5. The Morgan fingerprint density at radius 3 is 2.32 bits per heavy atom. The first kappa shape index (κ1) is 13.5. The van der Waals surface area contributed by atoms with Crippen LogP contribution in [0.4, 0.5) is 0 Å². The first-order valence-electron chi connectivity index (χ1n) is 6.01. The van der Waals surface area contributed by atoms with Crippen LogP contribution in [0.15, 0.2) is 30.3 Å². The predicted molar refractivity (Wildman–Crippen MR) is 66.1 cm³/mol. The molecule has 0 aliphatic carbocycles. The van der Waals surface area contributed by atoms with Gasteiger partial charge in [-0.2, -0.15) is 0 Å². The van der Waals surface area contributed by atoms with Crippen LogP contribution in [0.5, 0.6) is 0 Å². The molecule has 1 saturated heterocycles. The van der Waals surface area contributed by atoms with E-state index in [1.165, 1.54) is 14.2 Å². The quantitative estimate of drug-likeness (QED) is 0.771. The lowest BCUT2D eigenvalue weighted by Gasteiger charge is -2.19. The molecule has 0 bridgehead atoms. The number of rotatable bonds is 3. The Labute approximate surface area is 111 Å². The van der Waals surface area contributed by atoms with Crippen molar-refractivity contribution in [3.05, 3.63) is 35.9 Å². The molecule has 1 aliphatic rings. The van der Waals surface area contributed by atoms with Gasteiger partial charge in [-0.3, -0.25) is 9.59 Å². The summed E-state index contributed by atoms with van der Waals surface area (Å²) in [5, 5.41) is 0. The van der Waals surface area contributed by atoms with Crippen LogP contribution in [0.2, 0.25) is 0 Å². The average Bonchev–Trinajstić information content (AvgIpc) is 2.91. The van der Waals surface area contributed by atoms with Crippen molar-refractivity contribution >= 4 is 11.9 Å². The Bertz CT molecular complexity index is 456. The van der Waals surface area contributed by atoms with Gasteiger partial charge in [0, 0.05) is 0 Å². The van der Waals surface area contributed by atoms with E-state index in [2.05, 4.69) is 0 Å². The van der Waals surface area contributed by atoms with Crippen molar-refractivity contribution in [2.75, 3.05) is 20.8 Å². The van der Waals surface area contributed by atoms with Crippen LogP contribution in [0, 0.1) is 11.8 Å². The standard InChI is InChI=1S/C14H16O5/c1-17-13(15)10-8-19-12(11(10)14(16)18-2)9-6-4-3-5-7-9/h3-7,10-12H,8H2,1-2H3/t10-,11-,12?/m0/s1. The van der Waals surface area contributed by atoms with Crippen LogP contribution in [0.1, 0.15) is 11.7 Å². The van der Waals surface area contributed by atoms with Crippen LogP contribution in [0.3, 0.4) is 0 Å². The van der Waals surface area contributed by atoms with Gasteiger partial charge in [0.25, 0.3) is 0 Å². The fraction of sp³-hybridized carbons (Fsp3) is 0.429. The van der Waals surface area contributed by atoms with Crippen molar-refractivity contribution in [2.45, 2.75) is 6.10 Å². The van der Waals surface area contributed by atoms with Crippen molar-refractivity contribution in [1.82, 2.24) is 0 Å². The summed E-state index contributed by atoms with van der Waals surface area (Å²) in [5.74, 6) is -2.20. The molecule has 0 saturated carbocycles. The molecule has 0 aromatic heterocycles. The SMILES string of the molecule is COC(=O)[C@H]1COC(c2ccccc2)[C@H]1C(=O)OC. The minimum atomic E-state index is -0.667. The second-order valence-corrected chi connectivity index (χ2v) is 4.34. The molecule has 5 heteroatoms. The van der Waals surface area contributed by atoms with Gasteiger partial charge in [0.1, 0.15) is 5.92 Å². The van der Waals surface area contributed by atoms with Gasteiger partial charge in [0.05, 0.1) is 32.8 Å². The predicted octanol–water partition coefficient (Wildman–Crippen LogP) is 1.34. The number of hydrogen-bond donors (Lipinski definition) is 0. The minimum absolute atomic E-state index is 0.159. The second kappa shape index (κ2) is 5.84. The normalized spacial score (nSPS) is 25.9. The van der Waals surface area contributed by atoms with E-state index in [9.17, 15) is 9.59 Å². The van der Waals surface area contributed by atoms with E-state index < -0.39 is 29.9 Å². The molecule has 0 amide bonds. The maximum absolute atomic E-state index is 11.9. The highest BCUT2D eigenvalue weighted by molar-refractivity contribution is 5.83. The summed E-state index contributed by atoms with van der Waals surface area (Å²) >= 11 is 0. The second-order valence-electron chi connectivity index (χ2n) is 4.34. The molecular formula is C14H16O5. The highest BCUT2D eigenvalue weighted by Crippen LogP contribution is 2.39. The number of ether oxygens (including phenoxy) is 3. The third-order valence-corrected chi connectivity index (χ3v) is 3.32. The average molecular weight is 264 g/mol. The molecule has 0 radical (unpaired) electrons. The lowest BCUT2D eigenvalue weighted by molar-refractivity contribution is -0.156. The maximum atomic E-state index is 11.9. The maximum Gasteiger partial charge on any atom is 0.312 e. The smallest absolute Gasteiger partial charge is 0.312 e. The van der Waals surface area contributed by atoms with Gasteiger partial charge in [0.2, 0.25) is 0 Å². The van der Waals surface area contributed by atoms with Crippen molar-refractivity contribution in [3.8, 4) is 0 Å². The van der Waals surface area contributed by atoms with E-state index in [1.54, 1.807) is 0 Å². The van der Waals surface area contributed by atoms with E-state index in [0.29, 0.717) is 0 Å². The lowest BCUT2D eigenvalue weighted by atomic mass is 9.87. The number of carbonyl (C=O) groups is 2. The van der Waals surface area contributed by atoms with Crippen LogP contribution in [-0.4, -0.2) is 32.8 Å². The van der Waals surface area contributed by atoms with Gasteiger partial charge in [0.15, 0.2) is 0 Å². The van der Waals surface area contributed by atoms with Crippen LogP contribution >= 0.6 is 0 Å². The fourth-order valence-corrected chi connectivity index (χ4v) is 2.36. The Morgan fingerprint density at radius 2 is 1.74 bits per heavy atom. The van der Waals surface area contributed by atoms with E-state index in [0.717, 1.165) is 5.56 Å². The monoisotopic (exact) mass is 264 g/mol. The zero-order chi connectivity index (χ0) is 13.8. The Kier molecular flexibility index (Phi) is 4.16. The fourth-order valence-electron chi connectivity index (χ4n) is 2.36. The van der Waals surface area contributed by atoms with E-state index in [1.807, 2.05) is 30.3 Å². The van der Waals surface area contributed by atoms with Gasteiger partial charge in [-0.05, 0) is 5.56 Å². The molecule has 1 heterocycles. The zero-order valence-corrected chi connectivity index (χ0v) is 10.9. The molecule has 102 valence electrons. The first-order chi connectivity index (χ1) is 9.19. The van der Waals surface area contributed by atoms with Crippen molar-refractivity contribution in [2.24, 2.45) is 11.8 Å². The largest absolute Gasteiger partial charge is 0.469 e. The van der Waals surface area contributed by atoms with Crippen molar-refractivity contribution in [3.63, 3.8) is 0 Å². The Morgan fingerprint density at radius 1 is 1.11 bits per heavy atom. The summed E-state index contributed by atoms with van der Waals surface area (Å²) in [4.78, 5) is 23.6. The minimum Gasteiger partial charge on any atom is -0.469 e. The summed E-state index contributed by atoms with van der Waals surface area (Å²) in [5.41, 5.74) is 0.851. The molecule has 1 aromatic rings. The molecule has 3 atom stereocenters. The first-order valence-corrected chi connectivity index (χ1v) is 6.01. The summed E-state index contributed by atoms with van der Waals surface area (Å²) < 4.78 is 15.1. The number of carbonyl (C=O) groups excluding carboxylic acids is 2. The van der Waals surface area contributed by atoms with Gasteiger partial charge in [-0.25, -0.2) is 0 Å². The highest BCUT2D eigenvalue weighted by Gasteiger charge is 2.47. The topological polar surface area (TPSA) is 61.8 Å². The van der Waals surface area contributed by atoms with Crippen LogP contribution < -0.4 is 0 Å². The molecule has 1 fully saturated rings. The summed E-state index contributed by atoms with van der Waals surface area (Å²) in [6.07, 6.45) is -0.474.